The predicted molar refractivity (Wildman–Crippen MR) is 41.7 cm³/mol. The molecule has 0 aromatic heterocycles. The summed E-state index contributed by atoms with van der Waals surface area (Å²) in [6.07, 6.45) is 0. The molecule has 0 aliphatic carbocycles. The molecule has 0 bridgehead atoms. The van der Waals surface area contributed by atoms with Crippen molar-refractivity contribution in [2.75, 3.05) is 0 Å². The first-order chi connectivity index (χ1) is 4.01. The third-order valence-corrected chi connectivity index (χ3v) is 3.65. The fraction of sp³-hybridized carbons (Fsp3) is 1.00. The van der Waals surface area contributed by atoms with Gasteiger partial charge in [-0.2, -0.15) is 0 Å². The van der Waals surface area contributed by atoms with Crippen LogP contribution >= 0.6 is 6.57 Å². The molecular formula is C4H11N2OPS. The Morgan fingerprint density at radius 3 is 1.78 bits per heavy atom. The molecule has 1 fully saturated rings. The topological polar surface area (TPSA) is 44.3 Å². The molecule has 0 aromatic carbocycles. The monoisotopic (exact) mass is 166 g/mol. The van der Waals surface area contributed by atoms with Crippen LogP contribution < -0.4 is 10.2 Å². The highest BCUT2D eigenvalue weighted by Gasteiger charge is 2.29. The van der Waals surface area contributed by atoms with E-state index in [9.17, 15) is 4.89 Å². The Morgan fingerprint density at radius 2 is 1.67 bits per heavy atom. The quantitative estimate of drug-likeness (QED) is 0.449. The van der Waals surface area contributed by atoms with Gasteiger partial charge in [-0.3, -0.25) is 10.2 Å². The van der Waals surface area contributed by atoms with Crippen LogP contribution in [0.5, 0.6) is 0 Å². The molecule has 1 aliphatic heterocycles. The van der Waals surface area contributed by atoms with Crippen LogP contribution in [0.15, 0.2) is 0 Å². The third-order valence-electron chi connectivity index (χ3n) is 1.51. The van der Waals surface area contributed by atoms with E-state index in [0.717, 1.165) is 0 Å². The van der Waals surface area contributed by atoms with Gasteiger partial charge >= 0.3 is 0 Å². The SMILES string of the molecule is CC1NP(O)(=S)NC1C. The zero-order chi connectivity index (χ0) is 7.07. The zero-order valence-electron chi connectivity index (χ0n) is 5.46. The lowest BCUT2D eigenvalue weighted by molar-refractivity contribution is 0.583. The molecule has 5 heteroatoms. The number of rotatable bonds is 0. The molecule has 1 aliphatic rings. The summed E-state index contributed by atoms with van der Waals surface area (Å²) >= 11 is 4.81. The van der Waals surface area contributed by atoms with E-state index in [1.807, 2.05) is 13.8 Å². The van der Waals surface area contributed by atoms with Crippen LogP contribution in [-0.4, -0.2) is 17.0 Å². The fourth-order valence-corrected chi connectivity index (χ4v) is 3.44. The summed E-state index contributed by atoms with van der Waals surface area (Å²) in [4.78, 5) is 9.24. The highest BCUT2D eigenvalue weighted by Crippen LogP contribution is 2.37. The van der Waals surface area contributed by atoms with Crippen molar-refractivity contribution < 1.29 is 4.89 Å². The van der Waals surface area contributed by atoms with E-state index in [1.165, 1.54) is 0 Å². The minimum absolute atomic E-state index is 0.292. The summed E-state index contributed by atoms with van der Waals surface area (Å²) in [7, 11) is 0. The van der Waals surface area contributed by atoms with Crippen molar-refractivity contribution in [3.63, 3.8) is 0 Å². The van der Waals surface area contributed by atoms with Crippen LogP contribution in [-0.2, 0) is 11.8 Å². The molecule has 1 saturated heterocycles. The van der Waals surface area contributed by atoms with E-state index in [-0.39, 0.29) is 0 Å². The summed E-state index contributed by atoms with van der Waals surface area (Å²) in [6.45, 7) is 1.68. The maximum absolute atomic E-state index is 9.24. The smallest absolute Gasteiger partial charge is 0.195 e. The molecule has 9 heavy (non-hydrogen) atoms. The molecule has 3 nitrogen and oxygen atoms in total. The molecule has 1 heterocycles. The van der Waals surface area contributed by atoms with Gasteiger partial charge < -0.3 is 4.89 Å². The van der Waals surface area contributed by atoms with Crippen molar-refractivity contribution in [3.8, 4) is 0 Å². The maximum Gasteiger partial charge on any atom is 0.195 e. The number of hydrogen-bond acceptors (Lipinski definition) is 1. The summed E-state index contributed by atoms with van der Waals surface area (Å²) in [5, 5.41) is 5.83. The summed E-state index contributed by atoms with van der Waals surface area (Å²) in [5.74, 6) is 0. The first-order valence-electron chi connectivity index (χ1n) is 2.90. The third kappa shape index (κ3) is 1.72. The largest absolute Gasteiger partial charge is 0.343 e. The van der Waals surface area contributed by atoms with Crippen molar-refractivity contribution in [1.29, 1.82) is 0 Å². The molecule has 0 amide bonds. The summed E-state index contributed by atoms with van der Waals surface area (Å²) in [5.41, 5.74) is 0. The molecule has 0 spiro atoms. The zero-order valence-corrected chi connectivity index (χ0v) is 7.17. The van der Waals surface area contributed by atoms with Crippen LogP contribution in [0.4, 0.5) is 0 Å². The van der Waals surface area contributed by atoms with Gasteiger partial charge in [0.25, 0.3) is 0 Å². The van der Waals surface area contributed by atoms with Gasteiger partial charge in [0.1, 0.15) is 0 Å². The minimum Gasteiger partial charge on any atom is -0.343 e. The first kappa shape index (κ1) is 7.63. The van der Waals surface area contributed by atoms with E-state index >= 15 is 0 Å². The number of nitrogens with one attached hydrogen (secondary N) is 2. The van der Waals surface area contributed by atoms with Crippen molar-refractivity contribution in [2.45, 2.75) is 25.9 Å². The van der Waals surface area contributed by atoms with E-state index in [1.54, 1.807) is 0 Å². The summed E-state index contributed by atoms with van der Waals surface area (Å²) in [6, 6.07) is 0.585. The lowest BCUT2D eigenvalue weighted by Crippen LogP contribution is -2.26. The molecule has 0 aromatic rings. The standard InChI is InChI=1S/C4H11N2OPS/c1-3-4(2)6-8(7,9)5-3/h3-4H,1-2H3,(H3,5,6,7,9). The predicted octanol–water partition coefficient (Wildman–Crippen LogP) is 0.173. The average molecular weight is 166 g/mol. The highest BCUT2D eigenvalue weighted by atomic mass is 32.4. The lowest BCUT2D eigenvalue weighted by atomic mass is 10.2. The van der Waals surface area contributed by atoms with Crippen molar-refractivity contribution in [3.05, 3.63) is 0 Å². The van der Waals surface area contributed by atoms with Crippen molar-refractivity contribution >= 4 is 18.4 Å². The molecule has 2 atom stereocenters. The second kappa shape index (κ2) is 2.29. The van der Waals surface area contributed by atoms with Gasteiger partial charge in [0, 0.05) is 12.1 Å². The maximum atomic E-state index is 9.24. The first-order valence-corrected chi connectivity index (χ1v) is 5.65. The average Bonchev–Trinajstić information content (AvgIpc) is 1.79. The second-order valence-electron chi connectivity index (χ2n) is 2.41. The normalized spacial score (nSPS) is 51.9. The van der Waals surface area contributed by atoms with E-state index < -0.39 is 6.57 Å². The Bertz CT molecular complexity index is 149. The van der Waals surface area contributed by atoms with E-state index in [0.29, 0.717) is 12.1 Å². The van der Waals surface area contributed by atoms with E-state index in [2.05, 4.69) is 10.2 Å². The highest BCUT2D eigenvalue weighted by molar-refractivity contribution is 8.10. The van der Waals surface area contributed by atoms with Gasteiger partial charge in [0.2, 0.25) is 0 Å². The van der Waals surface area contributed by atoms with E-state index in [4.69, 9.17) is 11.8 Å². The Kier molecular flexibility index (Phi) is 1.94. The van der Waals surface area contributed by atoms with Gasteiger partial charge in [-0.1, -0.05) is 0 Å². The molecule has 3 N–H and O–H groups in total. The Balaban J connectivity index is 2.65. The van der Waals surface area contributed by atoms with Crippen LogP contribution in [0.3, 0.4) is 0 Å². The van der Waals surface area contributed by atoms with Gasteiger partial charge in [0.15, 0.2) is 6.57 Å². The number of hydrogen-bond donors (Lipinski definition) is 3. The Labute approximate surface area is 60.0 Å². The van der Waals surface area contributed by atoms with Gasteiger partial charge in [-0.05, 0) is 25.7 Å². The summed E-state index contributed by atoms with van der Waals surface area (Å²) < 4.78 is 0. The Hall–Kier alpha value is 0.530. The van der Waals surface area contributed by atoms with Crippen LogP contribution in [0, 0.1) is 0 Å². The van der Waals surface area contributed by atoms with Gasteiger partial charge in [-0.25, -0.2) is 0 Å². The molecule has 54 valence electrons. The molecule has 0 radical (unpaired) electrons. The molecular weight excluding hydrogens is 155 g/mol. The lowest BCUT2D eigenvalue weighted by Gasteiger charge is -2.05. The van der Waals surface area contributed by atoms with Gasteiger partial charge in [0.05, 0.1) is 0 Å². The van der Waals surface area contributed by atoms with Crippen molar-refractivity contribution in [1.82, 2.24) is 10.2 Å². The fourth-order valence-electron chi connectivity index (χ4n) is 0.813. The minimum atomic E-state index is -2.32. The van der Waals surface area contributed by atoms with Crippen LogP contribution in [0.2, 0.25) is 0 Å². The van der Waals surface area contributed by atoms with Crippen LogP contribution in [0.25, 0.3) is 0 Å². The second-order valence-corrected chi connectivity index (χ2v) is 5.67. The molecule has 0 saturated carbocycles. The Morgan fingerprint density at radius 1 is 1.33 bits per heavy atom. The molecule has 2 unspecified atom stereocenters. The molecule has 1 rings (SSSR count). The van der Waals surface area contributed by atoms with Gasteiger partial charge in [-0.15, -0.1) is 0 Å². The van der Waals surface area contributed by atoms with Crippen LogP contribution in [0.1, 0.15) is 13.8 Å². The van der Waals surface area contributed by atoms with Crippen molar-refractivity contribution in [2.24, 2.45) is 0 Å².